The van der Waals surface area contributed by atoms with Crippen LogP contribution in [0.3, 0.4) is 0 Å². The van der Waals surface area contributed by atoms with E-state index in [1.165, 1.54) is 19.4 Å². The van der Waals surface area contributed by atoms with E-state index in [-0.39, 0.29) is 10.1 Å². The molecule has 0 unspecified atom stereocenters. The number of nitrogens with zero attached hydrogens (tertiary/aromatic N) is 2. The zero-order valence-corrected chi connectivity index (χ0v) is 14.0. The highest BCUT2D eigenvalue weighted by Crippen LogP contribution is 2.34. The molecule has 1 heterocycles. The van der Waals surface area contributed by atoms with Gasteiger partial charge in [-0.1, -0.05) is 17.7 Å². The Bertz CT molecular complexity index is 806. The SMILES string of the molecule is COC(=O)/C=C1/S/C(=N\N=Cc2ccc(C(F)(F)F)c(Cl)c2)NC1=O. The molecule has 0 aromatic heterocycles. The molecule has 1 fully saturated rings. The molecule has 1 aromatic carbocycles. The summed E-state index contributed by atoms with van der Waals surface area (Å²) in [6.07, 6.45) is -2.37. The van der Waals surface area contributed by atoms with Crippen LogP contribution < -0.4 is 5.32 Å². The van der Waals surface area contributed by atoms with Gasteiger partial charge in [0, 0.05) is 6.08 Å². The van der Waals surface area contributed by atoms with Crippen LogP contribution in [0.15, 0.2) is 39.4 Å². The average Bonchev–Trinajstić information content (AvgIpc) is 2.85. The third-order valence-electron chi connectivity index (χ3n) is 2.75. The maximum Gasteiger partial charge on any atom is 0.417 e. The van der Waals surface area contributed by atoms with Gasteiger partial charge in [-0.3, -0.25) is 10.1 Å². The zero-order valence-electron chi connectivity index (χ0n) is 12.4. The Labute approximate surface area is 148 Å². The number of methoxy groups -OCH3 is 1. The number of nitrogens with one attached hydrogen (secondary N) is 1. The molecule has 1 saturated heterocycles. The highest BCUT2D eigenvalue weighted by molar-refractivity contribution is 8.18. The minimum Gasteiger partial charge on any atom is -0.466 e. The van der Waals surface area contributed by atoms with E-state index >= 15 is 0 Å². The van der Waals surface area contributed by atoms with Crippen LogP contribution >= 0.6 is 23.4 Å². The van der Waals surface area contributed by atoms with Crippen molar-refractivity contribution in [3.8, 4) is 0 Å². The van der Waals surface area contributed by atoms with Crippen LogP contribution in [0.2, 0.25) is 5.02 Å². The summed E-state index contributed by atoms with van der Waals surface area (Å²) < 4.78 is 42.2. The van der Waals surface area contributed by atoms with Crippen molar-refractivity contribution in [2.45, 2.75) is 6.18 Å². The predicted octanol–water partition coefficient (Wildman–Crippen LogP) is 2.97. The third-order valence-corrected chi connectivity index (χ3v) is 3.97. The van der Waals surface area contributed by atoms with Gasteiger partial charge in [0.25, 0.3) is 5.91 Å². The predicted molar refractivity (Wildman–Crippen MR) is 87.3 cm³/mol. The number of carbonyl (C=O) groups excluding carboxylic acids is 2. The van der Waals surface area contributed by atoms with Gasteiger partial charge in [-0.15, -0.1) is 5.10 Å². The lowest BCUT2D eigenvalue weighted by Gasteiger charge is -2.08. The summed E-state index contributed by atoms with van der Waals surface area (Å²) >= 11 is 6.46. The number of benzene rings is 1. The molecule has 25 heavy (non-hydrogen) atoms. The molecule has 6 nitrogen and oxygen atoms in total. The molecule has 0 atom stereocenters. The molecule has 0 radical (unpaired) electrons. The summed E-state index contributed by atoms with van der Waals surface area (Å²) in [6.45, 7) is 0. The fourth-order valence-corrected chi connectivity index (χ4v) is 2.67. The Balaban J connectivity index is 2.10. The Morgan fingerprint density at radius 1 is 1.40 bits per heavy atom. The first-order chi connectivity index (χ1) is 11.7. The Hall–Kier alpha value is -2.33. The lowest BCUT2D eigenvalue weighted by Crippen LogP contribution is -2.19. The normalized spacial score (nSPS) is 18.2. The van der Waals surface area contributed by atoms with E-state index in [4.69, 9.17) is 11.6 Å². The van der Waals surface area contributed by atoms with Gasteiger partial charge in [-0.25, -0.2) is 4.79 Å². The highest BCUT2D eigenvalue weighted by atomic mass is 35.5. The van der Waals surface area contributed by atoms with Crippen LogP contribution in [-0.2, 0) is 20.5 Å². The molecule has 1 aliphatic heterocycles. The van der Waals surface area contributed by atoms with Crippen LogP contribution in [0.4, 0.5) is 13.2 Å². The second kappa shape index (κ2) is 7.70. The van der Waals surface area contributed by atoms with Gasteiger partial charge in [0.1, 0.15) is 0 Å². The van der Waals surface area contributed by atoms with E-state index in [2.05, 4.69) is 20.3 Å². The minimum absolute atomic E-state index is 0.0818. The highest BCUT2D eigenvalue weighted by Gasteiger charge is 2.32. The molecule has 0 spiro atoms. The van der Waals surface area contributed by atoms with E-state index < -0.39 is 28.6 Å². The second-order valence-electron chi connectivity index (χ2n) is 4.47. The first-order valence-electron chi connectivity index (χ1n) is 6.47. The maximum absolute atomic E-state index is 12.6. The van der Waals surface area contributed by atoms with Gasteiger partial charge in [0.2, 0.25) is 0 Å². The second-order valence-corrected chi connectivity index (χ2v) is 5.91. The molecular formula is C14H9ClF3N3O3S. The first kappa shape index (κ1) is 19.0. The number of halogens is 4. The van der Waals surface area contributed by atoms with E-state index in [0.29, 0.717) is 5.56 Å². The van der Waals surface area contributed by atoms with Crippen molar-refractivity contribution in [3.63, 3.8) is 0 Å². The molecule has 0 bridgehead atoms. The van der Waals surface area contributed by atoms with Gasteiger partial charge in [0.15, 0.2) is 5.17 Å². The molecule has 0 aliphatic carbocycles. The fourth-order valence-electron chi connectivity index (χ4n) is 1.63. The number of amidine groups is 1. The Morgan fingerprint density at radius 2 is 2.12 bits per heavy atom. The minimum atomic E-state index is -4.54. The van der Waals surface area contributed by atoms with Crippen molar-refractivity contribution in [2.75, 3.05) is 7.11 Å². The largest absolute Gasteiger partial charge is 0.466 e. The van der Waals surface area contributed by atoms with Crippen LogP contribution in [-0.4, -0.2) is 30.4 Å². The van der Waals surface area contributed by atoms with Crippen molar-refractivity contribution < 1.29 is 27.5 Å². The van der Waals surface area contributed by atoms with Crippen LogP contribution in [0.25, 0.3) is 0 Å². The lowest BCUT2D eigenvalue weighted by atomic mass is 10.1. The number of rotatable bonds is 3. The molecule has 2 rings (SSSR count). The molecule has 1 aromatic rings. The van der Waals surface area contributed by atoms with Gasteiger partial charge in [0.05, 0.1) is 28.8 Å². The molecule has 1 aliphatic rings. The van der Waals surface area contributed by atoms with Crippen LogP contribution in [0.1, 0.15) is 11.1 Å². The molecule has 1 amide bonds. The summed E-state index contributed by atoms with van der Waals surface area (Å²) in [5, 5.41) is 9.39. The summed E-state index contributed by atoms with van der Waals surface area (Å²) in [6, 6.07) is 3.11. The van der Waals surface area contributed by atoms with E-state index in [9.17, 15) is 22.8 Å². The van der Waals surface area contributed by atoms with Crippen molar-refractivity contribution in [1.82, 2.24) is 5.32 Å². The van der Waals surface area contributed by atoms with E-state index in [1.54, 1.807) is 0 Å². The summed E-state index contributed by atoms with van der Waals surface area (Å²) in [4.78, 5) is 22.8. The number of esters is 1. The van der Waals surface area contributed by atoms with Crippen LogP contribution in [0.5, 0.6) is 0 Å². The summed E-state index contributed by atoms with van der Waals surface area (Å²) in [5.41, 5.74) is -0.657. The molecule has 0 saturated carbocycles. The lowest BCUT2D eigenvalue weighted by molar-refractivity contribution is -0.137. The maximum atomic E-state index is 12.6. The van der Waals surface area contributed by atoms with Crippen molar-refractivity contribution in [1.29, 1.82) is 0 Å². The van der Waals surface area contributed by atoms with Gasteiger partial charge in [-0.05, 0) is 29.5 Å². The van der Waals surface area contributed by atoms with Gasteiger partial charge in [-0.2, -0.15) is 18.3 Å². The smallest absolute Gasteiger partial charge is 0.417 e. The van der Waals surface area contributed by atoms with E-state index in [0.717, 1.165) is 30.0 Å². The number of hydrogen-bond acceptors (Lipinski definition) is 6. The van der Waals surface area contributed by atoms with Crippen molar-refractivity contribution in [3.05, 3.63) is 45.3 Å². The number of hydrogen-bond donors (Lipinski definition) is 1. The Morgan fingerprint density at radius 3 is 2.72 bits per heavy atom. The number of carbonyl (C=O) groups is 2. The average molecular weight is 392 g/mol. The molecule has 132 valence electrons. The molecular weight excluding hydrogens is 383 g/mol. The van der Waals surface area contributed by atoms with Crippen molar-refractivity contribution in [2.24, 2.45) is 10.2 Å². The number of thioether (sulfide) groups is 1. The van der Waals surface area contributed by atoms with Gasteiger partial charge >= 0.3 is 12.1 Å². The third kappa shape index (κ3) is 5.07. The standard InChI is InChI=1S/C14H9ClF3N3O3S/c1-24-11(22)5-10-12(23)20-13(25-10)21-19-6-7-2-3-8(9(15)4-7)14(16,17)18/h2-6H,1H3,(H,20,21,23)/b10-5+,19-6?. The zero-order chi connectivity index (χ0) is 18.6. The van der Waals surface area contributed by atoms with Crippen LogP contribution in [0, 0.1) is 0 Å². The number of amides is 1. The molecule has 1 N–H and O–H groups in total. The van der Waals surface area contributed by atoms with Crippen molar-refractivity contribution >= 4 is 46.6 Å². The molecule has 11 heteroatoms. The van der Waals surface area contributed by atoms with Gasteiger partial charge < -0.3 is 4.74 Å². The fraction of sp³-hybridized carbons (Fsp3) is 0.143. The van der Waals surface area contributed by atoms with E-state index in [1.807, 2.05) is 0 Å². The summed E-state index contributed by atoms with van der Waals surface area (Å²) in [7, 11) is 1.17. The number of ether oxygens (including phenoxy) is 1. The number of alkyl halides is 3. The Kier molecular flexibility index (Phi) is 5.85. The topological polar surface area (TPSA) is 80.1 Å². The summed E-state index contributed by atoms with van der Waals surface area (Å²) in [5.74, 6) is -1.23. The monoisotopic (exact) mass is 391 g/mol. The quantitative estimate of drug-likeness (QED) is 0.372. The first-order valence-corrected chi connectivity index (χ1v) is 7.67.